The van der Waals surface area contributed by atoms with Crippen molar-refractivity contribution in [3.05, 3.63) is 88.4 Å². The van der Waals surface area contributed by atoms with Crippen LogP contribution in [0, 0.1) is 5.92 Å². The molecular formula is C20H18BrN2O2+. The maximum Gasteiger partial charge on any atom is 0.187 e. The minimum absolute atomic E-state index is 0.0162. The lowest BCUT2D eigenvalue weighted by Gasteiger charge is -2.16. The Bertz CT molecular complexity index is 917. The first-order valence-electron chi connectivity index (χ1n) is 8.23. The van der Waals surface area contributed by atoms with E-state index < -0.39 is 12.0 Å². The van der Waals surface area contributed by atoms with Gasteiger partial charge in [0.05, 0.1) is 17.7 Å². The summed E-state index contributed by atoms with van der Waals surface area (Å²) in [7, 11) is 0. The zero-order chi connectivity index (χ0) is 17.4. The molecule has 1 aliphatic rings. The first kappa shape index (κ1) is 16.2. The summed E-state index contributed by atoms with van der Waals surface area (Å²) in [6, 6.07) is 15.6. The lowest BCUT2D eigenvalue weighted by molar-refractivity contribution is -0.688. The van der Waals surface area contributed by atoms with Gasteiger partial charge in [0.15, 0.2) is 24.7 Å². The molecule has 4 rings (SSSR count). The number of aliphatic hydroxyl groups excluding tert-OH is 1. The number of aromatic nitrogens is 2. The molecule has 0 unspecified atom stereocenters. The van der Waals surface area contributed by atoms with Crippen LogP contribution in [-0.2, 0) is 13.1 Å². The minimum atomic E-state index is -0.787. The fraction of sp³-hybridized carbons (Fsp3) is 0.200. The molecule has 1 aliphatic heterocycles. The van der Waals surface area contributed by atoms with Crippen LogP contribution in [-0.4, -0.2) is 15.5 Å². The summed E-state index contributed by atoms with van der Waals surface area (Å²) in [5.74, 6) is -0.391. The number of carbonyl (C=O) groups excluding carboxylic acids is 1. The van der Waals surface area contributed by atoms with Gasteiger partial charge in [0.2, 0.25) is 0 Å². The molecule has 2 atom stereocenters. The molecule has 3 heterocycles. The van der Waals surface area contributed by atoms with Gasteiger partial charge < -0.3 is 9.67 Å². The summed E-state index contributed by atoms with van der Waals surface area (Å²) in [4.78, 5) is 12.4. The van der Waals surface area contributed by atoms with Crippen molar-refractivity contribution < 1.29 is 14.5 Å². The van der Waals surface area contributed by atoms with Gasteiger partial charge in [-0.15, -0.1) is 0 Å². The van der Waals surface area contributed by atoms with Crippen LogP contribution in [0.2, 0.25) is 0 Å². The molecule has 0 amide bonds. The fourth-order valence-electron chi connectivity index (χ4n) is 3.35. The van der Waals surface area contributed by atoms with Gasteiger partial charge in [-0.2, -0.15) is 0 Å². The number of hydrogen-bond donors (Lipinski definition) is 1. The summed E-state index contributed by atoms with van der Waals surface area (Å²) in [6.45, 7) is 1.28. The molecule has 0 saturated carbocycles. The van der Waals surface area contributed by atoms with Crippen LogP contribution in [0.3, 0.4) is 0 Å². The maximum atomic E-state index is 12.4. The molecule has 2 aromatic heterocycles. The lowest BCUT2D eigenvalue weighted by Crippen LogP contribution is -2.33. The lowest BCUT2D eigenvalue weighted by atomic mass is 9.93. The average molecular weight is 398 g/mol. The van der Waals surface area contributed by atoms with Gasteiger partial charge in [-0.25, -0.2) is 4.57 Å². The highest BCUT2D eigenvalue weighted by Crippen LogP contribution is 2.31. The fourth-order valence-corrected chi connectivity index (χ4v) is 3.76. The Hall–Kier alpha value is -2.24. The van der Waals surface area contributed by atoms with E-state index in [1.54, 1.807) is 0 Å². The van der Waals surface area contributed by atoms with Gasteiger partial charge in [0.25, 0.3) is 0 Å². The molecule has 4 nitrogen and oxygen atoms in total. The van der Waals surface area contributed by atoms with Crippen LogP contribution < -0.4 is 4.57 Å². The molecule has 1 N–H and O–H groups in total. The van der Waals surface area contributed by atoms with Crippen molar-refractivity contribution in [2.45, 2.75) is 19.2 Å². The highest BCUT2D eigenvalue weighted by atomic mass is 79.9. The number of Topliss-reactive ketones (excluding diaryl/α,β-unsaturated/α-hetero) is 1. The predicted molar refractivity (Wildman–Crippen MR) is 97.1 cm³/mol. The second kappa shape index (κ2) is 6.58. The Morgan fingerprint density at radius 3 is 2.64 bits per heavy atom. The number of halogens is 1. The third-order valence-corrected chi connectivity index (χ3v) is 5.54. The van der Waals surface area contributed by atoms with Crippen LogP contribution >= 0.6 is 15.9 Å². The highest BCUT2D eigenvalue weighted by molar-refractivity contribution is 9.10. The first-order valence-corrected chi connectivity index (χ1v) is 9.02. The van der Waals surface area contributed by atoms with Gasteiger partial charge >= 0.3 is 0 Å². The van der Waals surface area contributed by atoms with E-state index in [1.807, 2.05) is 65.6 Å². The van der Waals surface area contributed by atoms with Gasteiger partial charge in [0, 0.05) is 34.9 Å². The molecule has 0 bridgehead atoms. The Morgan fingerprint density at radius 1 is 1.16 bits per heavy atom. The number of nitrogens with zero attached hydrogens (tertiary/aromatic N) is 2. The molecule has 0 saturated heterocycles. The third kappa shape index (κ3) is 3.05. The van der Waals surface area contributed by atoms with E-state index in [0.717, 1.165) is 16.6 Å². The number of hydrogen-bond acceptors (Lipinski definition) is 2. The van der Waals surface area contributed by atoms with E-state index >= 15 is 0 Å². The predicted octanol–water partition coefficient (Wildman–Crippen LogP) is 3.13. The number of aliphatic hydroxyl groups is 1. The second-order valence-electron chi connectivity index (χ2n) is 6.36. The number of fused-ring (bicyclic) bond motifs is 1. The number of carbonyl (C=O) groups is 1. The number of rotatable bonds is 4. The summed E-state index contributed by atoms with van der Waals surface area (Å²) < 4.78 is 5.04. The standard InChI is InChI=1S/C20H18BrN2O2/c21-17-5-2-1-4-15(17)12-22-10-7-14(8-11-22)19(24)16-13-23-9-3-6-18(23)20(16)25/h1-11,16,19,24H,12-13H2/q+1/t16-,19-/m0/s1. The molecule has 3 aromatic rings. The molecule has 25 heavy (non-hydrogen) atoms. The molecular weight excluding hydrogens is 380 g/mol. The molecule has 0 fully saturated rings. The van der Waals surface area contributed by atoms with Crippen molar-refractivity contribution in [2.75, 3.05) is 0 Å². The Balaban J connectivity index is 1.50. The van der Waals surface area contributed by atoms with Crippen molar-refractivity contribution in [2.24, 2.45) is 5.92 Å². The van der Waals surface area contributed by atoms with E-state index in [1.165, 1.54) is 5.56 Å². The van der Waals surface area contributed by atoms with Crippen molar-refractivity contribution in [1.82, 2.24) is 4.57 Å². The van der Waals surface area contributed by atoms with Gasteiger partial charge in [-0.1, -0.05) is 34.1 Å². The maximum absolute atomic E-state index is 12.4. The normalized spacial score (nSPS) is 17.5. The number of benzene rings is 1. The van der Waals surface area contributed by atoms with Crippen LogP contribution in [0.15, 0.2) is 71.6 Å². The van der Waals surface area contributed by atoms with Crippen molar-refractivity contribution >= 4 is 21.7 Å². The summed E-state index contributed by atoms with van der Waals surface area (Å²) in [5.41, 5.74) is 2.64. The number of ketones is 1. The van der Waals surface area contributed by atoms with E-state index in [2.05, 4.69) is 26.6 Å². The minimum Gasteiger partial charge on any atom is -0.388 e. The number of pyridine rings is 1. The third-order valence-electron chi connectivity index (χ3n) is 4.76. The Kier molecular flexibility index (Phi) is 4.27. The smallest absolute Gasteiger partial charge is 0.187 e. The molecule has 1 aromatic carbocycles. The van der Waals surface area contributed by atoms with Crippen molar-refractivity contribution in [1.29, 1.82) is 0 Å². The molecule has 0 aliphatic carbocycles. The first-order chi connectivity index (χ1) is 12.1. The Morgan fingerprint density at radius 2 is 1.92 bits per heavy atom. The van der Waals surface area contributed by atoms with E-state index in [-0.39, 0.29) is 5.78 Å². The van der Waals surface area contributed by atoms with Crippen LogP contribution in [0.1, 0.15) is 27.7 Å². The van der Waals surface area contributed by atoms with Gasteiger partial charge in [-0.05, 0) is 23.8 Å². The Labute approximate surface area is 154 Å². The van der Waals surface area contributed by atoms with Crippen molar-refractivity contribution in [3.8, 4) is 0 Å². The molecule has 0 radical (unpaired) electrons. The summed E-state index contributed by atoms with van der Waals surface area (Å²) >= 11 is 3.56. The zero-order valence-corrected chi connectivity index (χ0v) is 15.1. The van der Waals surface area contributed by atoms with Crippen LogP contribution in [0.5, 0.6) is 0 Å². The van der Waals surface area contributed by atoms with Crippen LogP contribution in [0.4, 0.5) is 0 Å². The van der Waals surface area contributed by atoms with Gasteiger partial charge in [-0.3, -0.25) is 4.79 Å². The van der Waals surface area contributed by atoms with Crippen LogP contribution in [0.25, 0.3) is 0 Å². The largest absolute Gasteiger partial charge is 0.388 e. The zero-order valence-electron chi connectivity index (χ0n) is 13.5. The monoisotopic (exact) mass is 397 g/mol. The quantitative estimate of drug-likeness (QED) is 0.687. The SMILES string of the molecule is O=C1c2cccn2C[C@H]1[C@@H](O)c1cc[n+](Cc2ccccc2Br)cc1. The summed E-state index contributed by atoms with van der Waals surface area (Å²) in [6.07, 6.45) is 4.98. The molecule has 126 valence electrons. The van der Waals surface area contributed by atoms with E-state index in [9.17, 15) is 9.90 Å². The summed E-state index contributed by atoms with van der Waals surface area (Å²) in [5, 5.41) is 10.7. The second-order valence-corrected chi connectivity index (χ2v) is 7.21. The average Bonchev–Trinajstić information content (AvgIpc) is 3.20. The van der Waals surface area contributed by atoms with E-state index in [0.29, 0.717) is 12.2 Å². The van der Waals surface area contributed by atoms with E-state index in [4.69, 9.17) is 0 Å². The molecule has 5 heteroatoms. The molecule has 0 spiro atoms. The topological polar surface area (TPSA) is 46.1 Å². The highest BCUT2D eigenvalue weighted by Gasteiger charge is 2.36. The van der Waals surface area contributed by atoms with Gasteiger partial charge in [0.1, 0.15) is 0 Å². The van der Waals surface area contributed by atoms with Crippen molar-refractivity contribution in [3.63, 3.8) is 0 Å².